The summed E-state index contributed by atoms with van der Waals surface area (Å²) < 4.78 is 16.3. The fourth-order valence-electron chi connectivity index (χ4n) is 3.14. The van der Waals surface area contributed by atoms with Gasteiger partial charge in [0, 0.05) is 24.5 Å². The Morgan fingerprint density at radius 2 is 1.61 bits per heavy atom. The minimum atomic E-state index is -0.0444. The molecular formula is C18H26N2O3. The van der Waals surface area contributed by atoms with E-state index in [4.69, 9.17) is 14.2 Å². The van der Waals surface area contributed by atoms with E-state index in [0.29, 0.717) is 17.2 Å². The molecule has 2 rings (SSSR count). The van der Waals surface area contributed by atoms with Crippen molar-refractivity contribution in [2.24, 2.45) is 5.92 Å². The van der Waals surface area contributed by atoms with Gasteiger partial charge in [0.2, 0.25) is 5.75 Å². The summed E-state index contributed by atoms with van der Waals surface area (Å²) in [6.45, 7) is 8.17. The fraction of sp³-hybridized carbons (Fsp3) is 0.611. The first-order chi connectivity index (χ1) is 10.8. The van der Waals surface area contributed by atoms with E-state index in [2.05, 4.69) is 31.7 Å². The molecule has 1 fully saturated rings. The third-order valence-electron chi connectivity index (χ3n) is 4.55. The molecule has 1 aromatic carbocycles. The first-order valence-corrected chi connectivity index (χ1v) is 7.80. The van der Waals surface area contributed by atoms with E-state index in [-0.39, 0.29) is 17.4 Å². The number of hydrogen-bond acceptors (Lipinski definition) is 5. The monoisotopic (exact) mass is 318 g/mol. The van der Waals surface area contributed by atoms with Gasteiger partial charge >= 0.3 is 0 Å². The molecule has 0 radical (unpaired) electrons. The van der Waals surface area contributed by atoms with E-state index >= 15 is 0 Å². The fourth-order valence-corrected chi connectivity index (χ4v) is 3.14. The van der Waals surface area contributed by atoms with Crippen LogP contribution in [0.25, 0.3) is 0 Å². The number of likely N-dealkylation sites (tertiary alicyclic amines) is 1. The molecule has 2 atom stereocenters. The van der Waals surface area contributed by atoms with Gasteiger partial charge in [0.15, 0.2) is 11.5 Å². The third kappa shape index (κ3) is 3.37. The van der Waals surface area contributed by atoms with Crippen LogP contribution in [0.15, 0.2) is 12.1 Å². The molecule has 5 heteroatoms. The maximum absolute atomic E-state index is 9.57. The molecule has 0 amide bonds. The van der Waals surface area contributed by atoms with Gasteiger partial charge in [-0.2, -0.15) is 5.26 Å². The van der Waals surface area contributed by atoms with E-state index in [0.717, 1.165) is 18.7 Å². The Balaban J connectivity index is 2.43. The lowest BCUT2D eigenvalue weighted by atomic mass is 9.89. The summed E-state index contributed by atoms with van der Waals surface area (Å²) in [6, 6.07) is 6.39. The summed E-state index contributed by atoms with van der Waals surface area (Å²) in [7, 11) is 4.81. The van der Waals surface area contributed by atoms with Gasteiger partial charge in [-0.3, -0.25) is 4.90 Å². The number of benzene rings is 1. The van der Waals surface area contributed by atoms with Crippen LogP contribution in [-0.4, -0.2) is 44.9 Å². The highest BCUT2D eigenvalue weighted by Gasteiger charge is 2.39. The molecule has 1 aromatic rings. The zero-order valence-electron chi connectivity index (χ0n) is 14.8. The van der Waals surface area contributed by atoms with Crippen molar-refractivity contribution in [2.45, 2.75) is 32.2 Å². The Labute approximate surface area is 138 Å². The lowest BCUT2D eigenvalue weighted by Crippen LogP contribution is -2.39. The Morgan fingerprint density at radius 3 is 2.00 bits per heavy atom. The van der Waals surface area contributed by atoms with E-state index in [1.807, 2.05) is 12.1 Å². The van der Waals surface area contributed by atoms with Crippen molar-refractivity contribution in [3.05, 3.63) is 17.7 Å². The summed E-state index contributed by atoms with van der Waals surface area (Å²) in [5, 5.41) is 9.57. The summed E-state index contributed by atoms with van der Waals surface area (Å²) in [5.74, 6) is 1.93. The molecule has 0 spiro atoms. The second-order valence-corrected chi connectivity index (χ2v) is 6.88. The number of rotatable bonds is 4. The van der Waals surface area contributed by atoms with Crippen LogP contribution in [-0.2, 0) is 0 Å². The summed E-state index contributed by atoms with van der Waals surface area (Å²) in [4.78, 5) is 2.36. The summed E-state index contributed by atoms with van der Waals surface area (Å²) in [6.07, 6.45) is 0. The predicted octanol–water partition coefficient (Wildman–Crippen LogP) is 3.05. The number of methoxy groups -OCH3 is 3. The van der Waals surface area contributed by atoms with Crippen LogP contribution in [0.5, 0.6) is 17.2 Å². The molecule has 1 heterocycles. The van der Waals surface area contributed by atoms with E-state index in [9.17, 15) is 5.26 Å². The molecular weight excluding hydrogens is 292 g/mol. The number of nitrogens with zero attached hydrogens (tertiary/aromatic N) is 2. The molecule has 5 nitrogen and oxygen atoms in total. The van der Waals surface area contributed by atoms with Crippen LogP contribution >= 0.6 is 0 Å². The van der Waals surface area contributed by atoms with E-state index in [1.54, 1.807) is 21.3 Å². The second kappa shape index (κ2) is 6.67. The topological polar surface area (TPSA) is 54.7 Å². The maximum atomic E-state index is 9.57. The lowest BCUT2D eigenvalue weighted by molar-refractivity contribution is 0.170. The van der Waals surface area contributed by atoms with Crippen molar-refractivity contribution >= 4 is 0 Å². The smallest absolute Gasteiger partial charge is 0.203 e. The van der Waals surface area contributed by atoms with Crippen LogP contribution in [0.1, 0.15) is 32.3 Å². The van der Waals surface area contributed by atoms with Gasteiger partial charge in [0.1, 0.15) is 0 Å². The first-order valence-electron chi connectivity index (χ1n) is 7.80. The van der Waals surface area contributed by atoms with Crippen molar-refractivity contribution in [3.8, 4) is 23.3 Å². The van der Waals surface area contributed by atoms with E-state index in [1.165, 1.54) is 0 Å². The SMILES string of the molecule is COc1cc([C@H]2CN(C(C)(C)C)C[C@@H]2C#N)cc(OC)c1OC. The van der Waals surface area contributed by atoms with Crippen LogP contribution in [0.4, 0.5) is 0 Å². The zero-order valence-corrected chi connectivity index (χ0v) is 14.8. The molecule has 23 heavy (non-hydrogen) atoms. The van der Waals surface area contributed by atoms with Gasteiger partial charge in [0.05, 0.1) is 33.3 Å². The van der Waals surface area contributed by atoms with Crippen molar-refractivity contribution in [1.82, 2.24) is 4.90 Å². The molecule has 0 saturated carbocycles. The molecule has 126 valence electrons. The highest BCUT2D eigenvalue weighted by atomic mass is 16.5. The van der Waals surface area contributed by atoms with Crippen LogP contribution in [0.3, 0.4) is 0 Å². The average Bonchev–Trinajstić information content (AvgIpc) is 2.97. The van der Waals surface area contributed by atoms with Gasteiger partial charge < -0.3 is 14.2 Å². The third-order valence-corrected chi connectivity index (χ3v) is 4.55. The highest BCUT2D eigenvalue weighted by molar-refractivity contribution is 5.55. The average molecular weight is 318 g/mol. The van der Waals surface area contributed by atoms with Crippen molar-refractivity contribution < 1.29 is 14.2 Å². The molecule has 0 unspecified atom stereocenters. The number of hydrogen-bond donors (Lipinski definition) is 0. The van der Waals surface area contributed by atoms with Gasteiger partial charge in [-0.1, -0.05) is 0 Å². The predicted molar refractivity (Wildman–Crippen MR) is 89.3 cm³/mol. The molecule has 1 aliphatic heterocycles. The quantitative estimate of drug-likeness (QED) is 0.854. The van der Waals surface area contributed by atoms with Crippen LogP contribution in [0.2, 0.25) is 0 Å². The lowest BCUT2D eigenvalue weighted by Gasteiger charge is -2.31. The largest absolute Gasteiger partial charge is 0.493 e. The van der Waals surface area contributed by atoms with Gasteiger partial charge in [0.25, 0.3) is 0 Å². The maximum Gasteiger partial charge on any atom is 0.203 e. The molecule has 0 aromatic heterocycles. The minimum absolute atomic E-state index is 0.0444. The van der Waals surface area contributed by atoms with Crippen molar-refractivity contribution in [2.75, 3.05) is 34.4 Å². The van der Waals surface area contributed by atoms with Crippen LogP contribution < -0.4 is 14.2 Å². The van der Waals surface area contributed by atoms with Crippen molar-refractivity contribution in [3.63, 3.8) is 0 Å². The first kappa shape index (κ1) is 17.4. The van der Waals surface area contributed by atoms with Crippen molar-refractivity contribution in [1.29, 1.82) is 5.26 Å². The molecule has 1 saturated heterocycles. The normalized spacial score (nSPS) is 21.8. The Kier molecular flexibility index (Phi) is 5.06. The number of nitriles is 1. The summed E-state index contributed by atoms with van der Waals surface area (Å²) in [5.41, 5.74) is 1.10. The molecule has 0 N–H and O–H groups in total. The summed E-state index contributed by atoms with van der Waals surface area (Å²) >= 11 is 0. The van der Waals surface area contributed by atoms with Gasteiger partial charge in [-0.15, -0.1) is 0 Å². The minimum Gasteiger partial charge on any atom is -0.493 e. The van der Waals surface area contributed by atoms with E-state index < -0.39 is 0 Å². The zero-order chi connectivity index (χ0) is 17.2. The Hall–Kier alpha value is -1.93. The van der Waals surface area contributed by atoms with Gasteiger partial charge in [-0.05, 0) is 38.5 Å². The molecule has 0 aliphatic carbocycles. The Bertz CT molecular complexity index is 576. The van der Waals surface area contributed by atoms with Gasteiger partial charge in [-0.25, -0.2) is 0 Å². The standard InChI is InChI=1S/C18H26N2O3/c1-18(2,3)20-10-13(9-19)14(11-20)12-7-15(21-4)17(23-6)16(8-12)22-5/h7-8,13-14H,10-11H2,1-6H3/t13-,14+/m0/s1. The number of ether oxygens (including phenoxy) is 3. The highest BCUT2D eigenvalue weighted by Crippen LogP contribution is 2.43. The molecule has 0 bridgehead atoms. The molecule has 1 aliphatic rings. The second-order valence-electron chi connectivity index (χ2n) is 6.88. The van der Waals surface area contributed by atoms with Crippen LogP contribution in [0, 0.1) is 17.2 Å². The Morgan fingerprint density at radius 1 is 1.04 bits per heavy atom.